The van der Waals surface area contributed by atoms with Crippen molar-refractivity contribution in [3.8, 4) is 5.75 Å². The van der Waals surface area contributed by atoms with E-state index < -0.39 is 0 Å². The van der Waals surface area contributed by atoms with Crippen molar-refractivity contribution in [3.05, 3.63) is 65.2 Å². The molecule has 0 saturated heterocycles. The van der Waals surface area contributed by atoms with Gasteiger partial charge < -0.3 is 10.1 Å². The lowest BCUT2D eigenvalue weighted by atomic mass is 10.1. The van der Waals surface area contributed by atoms with E-state index >= 15 is 0 Å². The van der Waals surface area contributed by atoms with Crippen molar-refractivity contribution < 1.29 is 9.53 Å². The van der Waals surface area contributed by atoms with E-state index in [4.69, 9.17) is 4.74 Å². The fourth-order valence-corrected chi connectivity index (χ4v) is 2.11. The number of carbonyl (C=O) groups is 1. The number of aryl methyl sites for hydroxylation is 1. The Morgan fingerprint density at radius 3 is 2.60 bits per heavy atom. The number of amides is 1. The van der Waals surface area contributed by atoms with Crippen LogP contribution in [0, 0.1) is 6.92 Å². The van der Waals surface area contributed by atoms with Gasteiger partial charge in [0.15, 0.2) is 0 Å². The first-order valence-corrected chi connectivity index (χ1v) is 6.67. The molecule has 0 saturated carbocycles. The van der Waals surface area contributed by atoms with Gasteiger partial charge >= 0.3 is 0 Å². The molecular formula is C17H19NO2. The fourth-order valence-electron chi connectivity index (χ4n) is 2.11. The van der Waals surface area contributed by atoms with Crippen LogP contribution in [0.4, 0.5) is 0 Å². The van der Waals surface area contributed by atoms with Gasteiger partial charge in [0.25, 0.3) is 5.91 Å². The van der Waals surface area contributed by atoms with Gasteiger partial charge in [0.1, 0.15) is 5.75 Å². The van der Waals surface area contributed by atoms with Crippen LogP contribution in [0.3, 0.4) is 0 Å². The van der Waals surface area contributed by atoms with E-state index in [0.29, 0.717) is 12.1 Å². The minimum absolute atomic E-state index is 0.0442. The van der Waals surface area contributed by atoms with Crippen molar-refractivity contribution in [3.63, 3.8) is 0 Å². The zero-order valence-electron chi connectivity index (χ0n) is 11.8. The maximum absolute atomic E-state index is 11.9. The summed E-state index contributed by atoms with van der Waals surface area (Å²) in [5, 5.41) is 2.92. The summed E-state index contributed by atoms with van der Waals surface area (Å²) in [6.07, 6.45) is 0.753. The smallest absolute Gasteiger partial charge is 0.251 e. The first-order chi connectivity index (χ1) is 9.70. The van der Waals surface area contributed by atoms with E-state index in [0.717, 1.165) is 17.7 Å². The highest BCUT2D eigenvalue weighted by molar-refractivity contribution is 5.94. The van der Waals surface area contributed by atoms with Crippen LogP contribution in [0.1, 0.15) is 21.5 Å². The molecule has 3 heteroatoms. The van der Waals surface area contributed by atoms with Crippen molar-refractivity contribution in [1.29, 1.82) is 0 Å². The lowest BCUT2D eigenvalue weighted by molar-refractivity contribution is 0.0954. The molecule has 0 atom stereocenters. The van der Waals surface area contributed by atoms with Gasteiger partial charge in [0, 0.05) is 12.1 Å². The van der Waals surface area contributed by atoms with Crippen LogP contribution in [0.15, 0.2) is 48.5 Å². The summed E-state index contributed by atoms with van der Waals surface area (Å²) in [6.45, 7) is 2.64. The molecule has 0 radical (unpaired) electrons. The van der Waals surface area contributed by atoms with Gasteiger partial charge in [0.05, 0.1) is 7.11 Å². The fraction of sp³-hybridized carbons (Fsp3) is 0.235. The molecule has 2 aromatic carbocycles. The summed E-state index contributed by atoms with van der Waals surface area (Å²) in [6, 6.07) is 15.3. The van der Waals surface area contributed by atoms with E-state index in [1.165, 1.54) is 5.56 Å². The number of carbonyl (C=O) groups excluding carboxylic acids is 1. The standard InChI is InChI=1S/C17H19NO2/c1-13-8-9-16(20-2)15(12-13)10-11-18-17(19)14-6-4-3-5-7-14/h3-9,12H,10-11H2,1-2H3,(H,18,19). The molecule has 0 aliphatic heterocycles. The minimum atomic E-state index is -0.0442. The largest absolute Gasteiger partial charge is 0.496 e. The number of hydrogen-bond donors (Lipinski definition) is 1. The summed E-state index contributed by atoms with van der Waals surface area (Å²) in [7, 11) is 1.66. The molecule has 1 N–H and O–H groups in total. The predicted octanol–water partition coefficient (Wildman–Crippen LogP) is 2.98. The van der Waals surface area contributed by atoms with Crippen LogP contribution < -0.4 is 10.1 Å². The first-order valence-electron chi connectivity index (χ1n) is 6.67. The average Bonchev–Trinajstić information content (AvgIpc) is 2.48. The molecular weight excluding hydrogens is 250 g/mol. The first kappa shape index (κ1) is 14.1. The molecule has 1 amide bonds. The second kappa shape index (κ2) is 6.75. The zero-order valence-corrected chi connectivity index (χ0v) is 11.8. The van der Waals surface area contributed by atoms with Crippen molar-refractivity contribution in [2.24, 2.45) is 0 Å². The number of benzene rings is 2. The molecule has 3 nitrogen and oxygen atoms in total. The topological polar surface area (TPSA) is 38.3 Å². The molecule has 0 unspecified atom stereocenters. The summed E-state index contributed by atoms with van der Waals surface area (Å²) in [5.41, 5.74) is 2.99. The maximum Gasteiger partial charge on any atom is 0.251 e. The highest BCUT2D eigenvalue weighted by atomic mass is 16.5. The van der Waals surface area contributed by atoms with Gasteiger partial charge in [-0.15, -0.1) is 0 Å². The quantitative estimate of drug-likeness (QED) is 0.906. The molecule has 0 fully saturated rings. The van der Waals surface area contributed by atoms with E-state index in [1.54, 1.807) is 7.11 Å². The van der Waals surface area contributed by atoms with Gasteiger partial charge in [-0.1, -0.05) is 35.9 Å². The predicted molar refractivity (Wildman–Crippen MR) is 80.2 cm³/mol. The molecule has 0 aliphatic carbocycles. The molecule has 0 heterocycles. The van der Waals surface area contributed by atoms with Gasteiger partial charge in [-0.05, 0) is 37.1 Å². The number of methoxy groups -OCH3 is 1. The Hall–Kier alpha value is -2.29. The van der Waals surface area contributed by atoms with Crippen LogP contribution in [0.25, 0.3) is 0 Å². The van der Waals surface area contributed by atoms with E-state index in [9.17, 15) is 4.79 Å². The summed E-state index contributed by atoms with van der Waals surface area (Å²) in [5.74, 6) is 0.821. The second-order valence-corrected chi connectivity index (χ2v) is 4.69. The second-order valence-electron chi connectivity index (χ2n) is 4.69. The summed E-state index contributed by atoms with van der Waals surface area (Å²) in [4.78, 5) is 11.9. The van der Waals surface area contributed by atoms with Crippen molar-refractivity contribution in [1.82, 2.24) is 5.32 Å². The minimum Gasteiger partial charge on any atom is -0.496 e. The van der Waals surface area contributed by atoms with Crippen molar-refractivity contribution in [2.75, 3.05) is 13.7 Å². The number of hydrogen-bond acceptors (Lipinski definition) is 2. The van der Waals surface area contributed by atoms with Crippen LogP contribution >= 0.6 is 0 Å². The zero-order chi connectivity index (χ0) is 14.4. The Kier molecular flexibility index (Phi) is 4.77. The van der Waals surface area contributed by atoms with E-state index in [2.05, 4.69) is 11.4 Å². The molecule has 0 aromatic heterocycles. The summed E-state index contributed by atoms with van der Waals surface area (Å²) >= 11 is 0. The van der Waals surface area contributed by atoms with E-state index in [1.807, 2.05) is 49.4 Å². The van der Waals surface area contributed by atoms with Gasteiger partial charge in [0.2, 0.25) is 0 Å². The maximum atomic E-state index is 11.9. The number of rotatable bonds is 5. The molecule has 0 spiro atoms. The lowest BCUT2D eigenvalue weighted by Crippen LogP contribution is -2.25. The Bertz CT molecular complexity index is 579. The van der Waals surface area contributed by atoms with Gasteiger partial charge in [-0.2, -0.15) is 0 Å². The molecule has 0 aliphatic rings. The Balaban J connectivity index is 1.93. The third-order valence-electron chi connectivity index (χ3n) is 3.15. The van der Waals surface area contributed by atoms with Crippen LogP contribution in [-0.4, -0.2) is 19.6 Å². The molecule has 104 valence electrons. The highest BCUT2D eigenvalue weighted by Gasteiger charge is 2.06. The Labute approximate surface area is 119 Å². The molecule has 2 rings (SSSR count). The van der Waals surface area contributed by atoms with E-state index in [-0.39, 0.29) is 5.91 Å². The van der Waals surface area contributed by atoms with Crippen molar-refractivity contribution >= 4 is 5.91 Å². The molecule has 20 heavy (non-hydrogen) atoms. The van der Waals surface area contributed by atoms with Gasteiger partial charge in [-0.3, -0.25) is 4.79 Å². The lowest BCUT2D eigenvalue weighted by Gasteiger charge is -2.10. The number of ether oxygens (including phenoxy) is 1. The van der Waals surface area contributed by atoms with Crippen LogP contribution in [0.2, 0.25) is 0 Å². The Morgan fingerprint density at radius 2 is 1.90 bits per heavy atom. The Morgan fingerprint density at radius 1 is 1.15 bits per heavy atom. The highest BCUT2D eigenvalue weighted by Crippen LogP contribution is 2.19. The molecule has 2 aromatic rings. The third kappa shape index (κ3) is 3.60. The SMILES string of the molecule is COc1ccc(C)cc1CCNC(=O)c1ccccc1. The average molecular weight is 269 g/mol. The molecule has 0 bridgehead atoms. The van der Waals surface area contributed by atoms with Crippen molar-refractivity contribution in [2.45, 2.75) is 13.3 Å². The monoisotopic (exact) mass is 269 g/mol. The van der Waals surface area contributed by atoms with Crippen LogP contribution in [-0.2, 0) is 6.42 Å². The van der Waals surface area contributed by atoms with Gasteiger partial charge in [-0.25, -0.2) is 0 Å². The third-order valence-corrected chi connectivity index (χ3v) is 3.15. The number of nitrogens with one attached hydrogen (secondary N) is 1. The van der Waals surface area contributed by atoms with Crippen LogP contribution in [0.5, 0.6) is 5.75 Å². The normalized spacial score (nSPS) is 10.1. The summed E-state index contributed by atoms with van der Waals surface area (Å²) < 4.78 is 5.33.